The van der Waals surface area contributed by atoms with Crippen molar-refractivity contribution < 1.29 is 9.59 Å². The quantitative estimate of drug-likeness (QED) is 0.388. The van der Waals surface area contributed by atoms with E-state index in [4.69, 9.17) is 0 Å². The number of imide groups is 1. The van der Waals surface area contributed by atoms with E-state index >= 15 is 0 Å². The zero-order valence-electron chi connectivity index (χ0n) is 15.1. The maximum Gasteiger partial charge on any atom is 0.324 e. The molecule has 140 valence electrons. The maximum absolute atomic E-state index is 11.6. The average Bonchev–Trinajstić information content (AvgIpc) is 3.24. The maximum atomic E-state index is 11.6. The van der Waals surface area contributed by atoms with Crippen LogP contribution in [0.25, 0.3) is 0 Å². The molecule has 0 aromatic heterocycles. The Balaban J connectivity index is 1.52. The van der Waals surface area contributed by atoms with Crippen LogP contribution in [-0.2, 0) is 4.79 Å². The number of amides is 3. The van der Waals surface area contributed by atoms with Crippen molar-refractivity contribution in [3.63, 3.8) is 0 Å². The standard InChI is InChI=1S/C18H26N6O2/c1-2-19-17(20-9-11-24-16(25)12-21-18(24)26)22-14-8-10-23(13-14)15-6-4-3-5-7-15/h3-7,14H,2,8-13H2,1H3,(H,21,26)(H2,19,20,22). The SMILES string of the molecule is CCNC(=NCCN1C(=O)CNC1=O)NC1CCN(c2ccccc2)C1. The van der Waals surface area contributed by atoms with Crippen LogP contribution in [0.5, 0.6) is 0 Å². The number of benzene rings is 1. The van der Waals surface area contributed by atoms with Gasteiger partial charge in [-0.05, 0) is 25.5 Å². The second kappa shape index (κ2) is 8.55. The predicted octanol–water partition coefficient (Wildman–Crippen LogP) is 0.372. The van der Waals surface area contributed by atoms with Crippen LogP contribution in [0, 0.1) is 0 Å². The Morgan fingerprint density at radius 2 is 2.12 bits per heavy atom. The van der Waals surface area contributed by atoms with Crippen LogP contribution < -0.4 is 20.9 Å². The van der Waals surface area contributed by atoms with Gasteiger partial charge in [-0.1, -0.05) is 18.2 Å². The van der Waals surface area contributed by atoms with Crippen LogP contribution in [0.2, 0.25) is 0 Å². The number of carbonyl (C=O) groups excluding carboxylic acids is 2. The Bertz CT molecular complexity index is 647. The van der Waals surface area contributed by atoms with Gasteiger partial charge in [0.15, 0.2) is 5.96 Å². The van der Waals surface area contributed by atoms with Gasteiger partial charge >= 0.3 is 6.03 Å². The molecular weight excluding hydrogens is 332 g/mol. The summed E-state index contributed by atoms with van der Waals surface area (Å²) in [5.74, 6) is 0.525. The van der Waals surface area contributed by atoms with Crippen molar-refractivity contribution >= 4 is 23.6 Å². The van der Waals surface area contributed by atoms with E-state index in [-0.39, 0.29) is 18.5 Å². The lowest BCUT2D eigenvalue weighted by Crippen LogP contribution is -2.45. The summed E-state index contributed by atoms with van der Waals surface area (Å²) in [5, 5.41) is 9.20. The van der Waals surface area contributed by atoms with Crippen LogP contribution in [0.15, 0.2) is 35.3 Å². The molecule has 2 heterocycles. The van der Waals surface area contributed by atoms with Crippen molar-refractivity contribution in [3.8, 4) is 0 Å². The van der Waals surface area contributed by atoms with E-state index < -0.39 is 0 Å². The Labute approximate surface area is 153 Å². The highest BCUT2D eigenvalue weighted by Gasteiger charge is 2.28. The molecule has 1 unspecified atom stereocenters. The van der Waals surface area contributed by atoms with Gasteiger partial charge in [-0.3, -0.25) is 14.7 Å². The second-order valence-corrected chi connectivity index (χ2v) is 6.38. The van der Waals surface area contributed by atoms with Crippen LogP contribution in [0.4, 0.5) is 10.5 Å². The molecule has 8 nitrogen and oxygen atoms in total. The van der Waals surface area contributed by atoms with Gasteiger partial charge in [-0.25, -0.2) is 4.79 Å². The molecule has 0 spiro atoms. The fourth-order valence-corrected chi connectivity index (χ4v) is 3.21. The molecule has 3 amide bonds. The highest BCUT2D eigenvalue weighted by atomic mass is 16.2. The molecule has 0 bridgehead atoms. The van der Waals surface area contributed by atoms with Crippen molar-refractivity contribution in [3.05, 3.63) is 30.3 Å². The molecule has 8 heteroatoms. The molecule has 0 radical (unpaired) electrons. The first-order chi connectivity index (χ1) is 12.7. The number of para-hydroxylation sites is 1. The molecule has 1 aromatic carbocycles. The summed E-state index contributed by atoms with van der Waals surface area (Å²) >= 11 is 0. The number of anilines is 1. The molecular formula is C18H26N6O2. The normalized spacial score (nSPS) is 20.5. The van der Waals surface area contributed by atoms with Crippen molar-refractivity contribution in [1.82, 2.24) is 20.9 Å². The van der Waals surface area contributed by atoms with E-state index in [2.05, 4.69) is 50.1 Å². The molecule has 0 saturated carbocycles. The van der Waals surface area contributed by atoms with Gasteiger partial charge in [-0.2, -0.15) is 0 Å². The molecule has 26 heavy (non-hydrogen) atoms. The Morgan fingerprint density at radius 1 is 1.31 bits per heavy atom. The van der Waals surface area contributed by atoms with Gasteiger partial charge < -0.3 is 20.9 Å². The molecule has 2 fully saturated rings. The molecule has 3 rings (SSSR count). The minimum absolute atomic E-state index is 0.0816. The number of aliphatic imine (C=N–C) groups is 1. The molecule has 0 aliphatic carbocycles. The molecule has 1 aromatic rings. The Kier molecular flexibility index (Phi) is 5.93. The van der Waals surface area contributed by atoms with Gasteiger partial charge in [-0.15, -0.1) is 0 Å². The van der Waals surface area contributed by atoms with Gasteiger partial charge in [0.2, 0.25) is 5.91 Å². The fraction of sp³-hybridized carbons (Fsp3) is 0.500. The number of hydrogen-bond donors (Lipinski definition) is 3. The molecule has 2 aliphatic rings. The van der Waals surface area contributed by atoms with Gasteiger partial charge in [0, 0.05) is 31.4 Å². The third kappa shape index (κ3) is 4.44. The number of nitrogens with zero attached hydrogens (tertiary/aromatic N) is 3. The lowest BCUT2D eigenvalue weighted by molar-refractivity contribution is -0.124. The van der Waals surface area contributed by atoms with Gasteiger partial charge in [0.05, 0.1) is 19.6 Å². The number of nitrogens with one attached hydrogen (secondary N) is 3. The number of guanidine groups is 1. The Morgan fingerprint density at radius 3 is 2.81 bits per heavy atom. The summed E-state index contributed by atoms with van der Waals surface area (Å²) in [5.41, 5.74) is 1.23. The summed E-state index contributed by atoms with van der Waals surface area (Å²) in [6, 6.07) is 10.4. The Hall–Kier alpha value is -2.77. The van der Waals surface area contributed by atoms with Gasteiger partial charge in [0.1, 0.15) is 0 Å². The van der Waals surface area contributed by atoms with Gasteiger partial charge in [0.25, 0.3) is 0 Å². The van der Waals surface area contributed by atoms with E-state index in [9.17, 15) is 9.59 Å². The van der Waals surface area contributed by atoms with E-state index in [1.807, 2.05) is 13.0 Å². The number of rotatable bonds is 6. The van der Waals surface area contributed by atoms with E-state index in [0.717, 1.165) is 32.0 Å². The van der Waals surface area contributed by atoms with Crippen LogP contribution in [0.1, 0.15) is 13.3 Å². The number of hydrogen-bond acceptors (Lipinski definition) is 4. The van der Waals surface area contributed by atoms with Crippen molar-refractivity contribution in [2.75, 3.05) is 44.2 Å². The molecule has 3 N–H and O–H groups in total. The van der Waals surface area contributed by atoms with E-state index in [1.54, 1.807) is 0 Å². The first-order valence-electron chi connectivity index (χ1n) is 9.10. The van der Waals surface area contributed by atoms with Crippen LogP contribution >= 0.6 is 0 Å². The monoisotopic (exact) mass is 358 g/mol. The predicted molar refractivity (Wildman–Crippen MR) is 101 cm³/mol. The minimum Gasteiger partial charge on any atom is -0.369 e. The fourth-order valence-electron chi connectivity index (χ4n) is 3.21. The zero-order chi connectivity index (χ0) is 18.4. The molecule has 1 atom stereocenters. The largest absolute Gasteiger partial charge is 0.369 e. The summed E-state index contributed by atoms with van der Waals surface area (Å²) in [7, 11) is 0. The molecule has 2 saturated heterocycles. The summed E-state index contributed by atoms with van der Waals surface area (Å²) in [6.45, 7) is 5.44. The zero-order valence-corrected chi connectivity index (χ0v) is 15.1. The van der Waals surface area contributed by atoms with Crippen molar-refractivity contribution in [1.29, 1.82) is 0 Å². The van der Waals surface area contributed by atoms with Crippen LogP contribution in [-0.4, -0.2) is 68.1 Å². The van der Waals surface area contributed by atoms with Crippen LogP contribution in [0.3, 0.4) is 0 Å². The van der Waals surface area contributed by atoms with Crippen molar-refractivity contribution in [2.24, 2.45) is 4.99 Å². The summed E-state index contributed by atoms with van der Waals surface area (Å²) in [6.07, 6.45) is 1.03. The first-order valence-corrected chi connectivity index (χ1v) is 9.10. The lowest BCUT2D eigenvalue weighted by Gasteiger charge is -2.20. The molecule has 2 aliphatic heterocycles. The second-order valence-electron chi connectivity index (χ2n) is 6.38. The number of urea groups is 1. The third-order valence-electron chi connectivity index (χ3n) is 4.53. The average molecular weight is 358 g/mol. The van der Waals surface area contributed by atoms with E-state index in [0.29, 0.717) is 19.1 Å². The lowest BCUT2D eigenvalue weighted by atomic mass is 10.3. The first kappa shape index (κ1) is 18.0. The minimum atomic E-state index is -0.336. The highest BCUT2D eigenvalue weighted by molar-refractivity contribution is 6.01. The van der Waals surface area contributed by atoms with Crippen molar-refractivity contribution in [2.45, 2.75) is 19.4 Å². The van der Waals surface area contributed by atoms with E-state index in [1.165, 1.54) is 10.6 Å². The topological polar surface area (TPSA) is 89.1 Å². The third-order valence-corrected chi connectivity index (χ3v) is 4.53. The number of carbonyl (C=O) groups is 2. The highest BCUT2D eigenvalue weighted by Crippen LogP contribution is 2.19. The smallest absolute Gasteiger partial charge is 0.324 e. The summed E-state index contributed by atoms with van der Waals surface area (Å²) < 4.78 is 0. The summed E-state index contributed by atoms with van der Waals surface area (Å²) in [4.78, 5) is 31.2.